The molecule has 0 radical (unpaired) electrons. The lowest BCUT2D eigenvalue weighted by atomic mass is 9.89. The van der Waals surface area contributed by atoms with E-state index in [1.807, 2.05) is 0 Å². The molecule has 3 aliphatic rings. The lowest BCUT2D eigenvalue weighted by Gasteiger charge is -2.33. The summed E-state index contributed by atoms with van der Waals surface area (Å²) in [6.45, 7) is 10.7. The topological polar surface area (TPSA) is 49.3 Å². The zero-order valence-electron chi connectivity index (χ0n) is 17.8. The first kappa shape index (κ1) is 20.6. The van der Waals surface area contributed by atoms with Gasteiger partial charge in [0, 0.05) is 57.8 Å². The number of nitrogens with one attached hydrogen (secondary N) is 1. The molecule has 4 rings (SSSR count). The molecule has 160 valence electrons. The van der Waals surface area contributed by atoms with Crippen molar-refractivity contribution in [2.75, 3.05) is 59.1 Å². The van der Waals surface area contributed by atoms with Gasteiger partial charge in [-0.3, -0.25) is 9.89 Å². The highest BCUT2D eigenvalue weighted by Gasteiger charge is 2.31. The van der Waals surface area contributed by atoms with E-state index in [1.54, 1.807) is 0 Å². The first-order valence-electron chi connectivity index (χ1n) is 11.4. The van der Waals surface area contributed by atoms with Crippen molar-refractivity contribution in [2.45, 2.75) is 38.3 Å². The lowest BCUT2D eigenvalue weighted by Crippen LogP contribution is -2.46. The van der Waals surface area contributed by atoms with Crippen LogP contribution in [0.5, 0.6) is 0 Å². The van der Waals surface area contributed by atoms with E-state index in [-0.39, 0.29) is 6.10 Å². The van der Waals surface area contributed by atoms with E-state index in [1.165, 1.54) is 18.4 Å². The van der Waals surface area contributed by atoms with Crippen molar-refractivity contribution in [3.05, 3.63) is 35.9 Å². The van der Waals surface area contributed by atoms with Gasteiger partial charge in [0.05, 0.1) is 19.3 Å². The highest BCUT2D eigenvalue weighted by Crippen LogP contribution is 2.33. The SMILES string of the molecule is CCNC(=NCC1CCCOC1c1ccccc1)N1CCC(N2CCOCC2)C1. The van der Waals surface area contributed by atoms with Crippen LogP contribution >= 0.6 is 0 Å². The van der Waals surface area contributed by atoms with E-state index in [9.17, 15) is 0 Å². The maximum Gasteiger partial charge on any atom is 0.193 e. The number of morpholine rings is 1. The van der Waals surface area contributed by atoms with Crippen LogP contribution < -0.4 is 5.32 Å². The van der Waals surface area contributed by atoms with Gasteiger partial charge in [-0.2, -0.15) is 0 Å². The zero-order chi connectivity index (χ0) is 19.9. The molecule has 0 saturated carbocycles. The van der Waals surface area contributed by atoms with Crippen molar-refractivity contribution in [3.8, 4) is 0 Å². The molecule has 29 heavy (non-hydrogen) atoms. The Morgan fingerprint density at radius 1 is 1.10 bits per heavy atom. The third-order valence-electron chi connectivity index (χ3n) is 6.41. The predicted octanol–water partition coefficient (Wildman–Crippen LogP) is 2.53. The van der Waals surface area contributed by atoms with E-state index in [0.29, 0.717) is 12.0 Å². The van der Waals surface area contributed by atoms with Gasteiger partial charge in [-0.1, -0.05) is 30.3 Å². The molecule has 6 nitrogen and oxygen atoms in total. The molecule has 0 aromatic heterocycles. The minimum absolute atomic E-state index is 0.163. The van der Waals surface area contributed by atoms with Gasteiger partial charge >= 0.3 is 0 Å². The quantitative estimate of drug-likeness (QED) is 0.608. The molecule has 6 heteroatoms. The van der Waals surface area contributed by atoms with Crippen LogP contribution in [0.2, 0.25) is 0 Å². The Hall–Kier alpha value is -1.63. The monoisotopic (exact) mass is 400 g/mol. The van der Waals surface area contributed by atoms with Crippen LogP contribution in [0.3, 0.4) is 0 Å². The Labute approximate surface area is 175 Å². The van der Waals surface area contributed by atoms with Crippen LogP contribution in [-0.2, 0) is 9.47 Å². The Kier molecular flexibility index (Phi) is 7.41. The molecular weight excluding hydrogens is 364 g/mol. The van der Waals surface area contributed by atoms with E-state index < -0.39 is 0 Å². The van der Waals surface area contributed by atoms with Crippen LogP contribution in [0, 0.1) is 5.92 Å². The van der Waals surface area contributed by atoms with Crippen molar-refractivity contribution < 1.29 is 9.47 Å². The first-order chi connectivity index (χ1) is 14.3. The van der Waals surface area contributed by atoms with Crippen molar-refractivity contribution in [1.82, 2.24) is 15.1 Å². The Balaban J connectivity index is 1.40. The van der Waals surface area contributed by atoms with Gasteiger partial charge in [0.2, 0.25) is 0 Å². The third kappa shape index (κ3) is 5.30. The first-order valence-corrected chi connectivity index (χ1v) is 11.4. The second kappa shape index (κ2) is 10.4. The molecule has 1 aromatic rings. The molecule has 3 atom stereocenters. The molecule has 3 aliphatic heterocycles. The van der Waals surface area contributed by atoms with Crippen LogP contribution in [-0.4, -0.2) is 80.9 Å². The average molecular weight is 401 g/mol. The maximum atomic E-state index is 6.17. The lowest BCUT2D eigenvalue weighted by molar-refractivity contribution is -0.0250. The van der Waals surface area contributed by atoms with Crippen molar-refractivity contribution in [2.24, 2.45) is 10.9 Å². The Morgan fingerprint density at radius 3 is 2.72 bits per heavy atom. The van der Waals surface area contributed by atoms with Crippen LogP contribution in [0.1, 0.15) is 37.9 Å². The summed E-state index contributed by atoms with van der Waals surface area (Å²) in [5, 5.41) is 3.53. The van der Waals surface area contributed by atoms with Crippen molar-refractivity contribution in [3.63, 3.8) is 0 Å². The van der Waals surface area contributed by atoms with E-state index in [2.05, 4.69) is 52.4 Å². The Bertz CT molecular complexity index is 648. The molecule has 3 saturated heterocycles. The fraction of sp³-hybridized carbons (Fsp3) is 0.696. The van der Waals surface area contributed by atoms with Crippen molar-refractivity contribution >= 4 is 5.96 Å². The molecular formula is C23H36N4O2. The number of hydrogen-bond acceptors (Lipinski definition) is 4. The number of benzene rings is 1. The van der Waals surface area contributed by atoms with Gasteiger partial charge in [-0.25, -0.2) is 0 Å². The largest absolute Gasteiger partial charge is 0.379 e. The summed E-state index contributed by atoms with van der Waals surface area (Å²) in [6, 6.07) is 11.3. The fourth-order valence-electron chi connectivity index (χ4n) is 4.85. The summed E-state index contributed by atoms with van der Waals surface area (Å²) < 4.78 is 11.7. The number of guanidine groups is 1. The van der Waals surface area contributed by atoms with Crippen molar-refractivity contribution in [1.29, 1.82) is 0 Å². The summed E-state index contributed by atoms with van der Waals surface area (Å²) in [6.07, 6.45) is 3.68. The highest BCUT2D eigenvalue weighted by molar-refractivity contribution is 5.80. The maximum absolute atomic E-state index is 6.17. The molecule has 3 heterocycles. The summed E-state index contributed by atoms with van der Waals surface area (Å²) in [7, 11) is 0. The second-order valence-corrected chi connectivity index (χ2v) is 8.34. The molecule has 0 aliphatic carbocycles. The Morgan fingerprint density at radius 2 is 1.93 bits per heavy atom. The van der Waals surface area contributed by atoms with Crippen LogP contribution in [0.15, 0.2) is 35.3 Å². The highest BCUT2D eigenvalue weighted by atomic mass is 16.5. The minimum atomic E-state index is 0.163. The standard InChI is InChI=1S/C23H36N4O2/c1-2-24-23(27-11-10-21(18-27)26-12-15-28-16-13-26)25-17-20-9-6-14-29-22(20)19-7-4-3-5-8-19/h3-5,7-8,20-22H,2,6,9-18H2,1H3,(H,24,25). The number of hydrogen-bond donors (Lipinski definition) is 1. The molecule has 0 spiro atoms. The van der Waals surface area contributed by atoms with E-state index in [4.69, 9.17) is 14.5 Å². The minimum Gasteiger partial charge on any atom is -0.379 e. The summed E-state index contributed by atoms with van der Waals surface area (Å²) in [4.78, 5) is 10.1. The van der Waals surface area contributed by atoms with Gasteiger partial charge < -0.3 is 19.7 Å². The average Bonchev–Trinajstić information content (AvgIpc) is 3.28. The number of ether oxygens (including phenoxy) is 2. The molecule has 3 unspecified atom stereocenters. The fourth-order valence-corrected chi connectivity index (χ4v) is 4.85. The number of nitrogens with zero attached hydrogens (tertiary/aromatic N) is 3. The van der Waals surface area contributed by atoms with Crippen LogP contribution in [0.25, 0.3) is 0 Å². The predicted molar refractivity (Wildman–Crippen MR) is 116 cm³/mol. The molecule has 1 N–H and O–H groups in total. The number of rotatable bonds is 5. The van der Waals surface area contributed by atoms with Gasteiger partial charge in [0.15, 0.2) is 5.96 Å². The zero-order valence-corrected chi connectivity index (χ0v) is 17.8. The van der Waals surface area contributed by atoms with E-state index >= 15 is 0 Å². The number of likely N-dealkylation sites (tertiary alicyclic amines) is 1. The van der Waals surface area contributed by atoms with Gasteiger partial charge in [-0.05, 0) is 31.7 Å². The normalized spacial score (nSPS) is 29.2. The molecule has 0 amide bonds. The smallest absolute Gasteiger partial charge is 0.193 e. The summed E-state index contributed by atoms with van der Waals surface area (Å²) >= 11 is 0. The molecule has 0 bridgehead atoms. The molecule has 3 fully saturated rings. The van der Waals surface area contributed by atoms with Gasteiger partial charge in [0.1, 0.15) is 0 Å². The summed E-state index contributed by atoms with van der Waals surface area (Å²) in [5.74, 6) is 1.51. The van der Waals surface area contributed by atoms with E-state index in [0.717, 1.165) is 71.5 Å². The number of aliphatic imine (C=N–C) groups is 1. The van der Waals surface area contributed by atoms with Crippen LogP contribution in [0.4, 0.5) is 0 Å². The molecule has 1 aromatic carbocycles. The van der Waals surface area contributed by atoms with Gasteiger partial charge in [-0.15, -0.1) is 0 Å². The second-order valence-electron chi connectivity index (χ2n) is 8.34. The third-order valence-corrected chi connectivity index (χ3v) is 6.41. The van der Waals surface area contributed by atoms with Gasteiger partial charge in [0.25, 0.3) is 0 Å². The summed E-state index contributed by atoms with van der Waals surface area (Å²) in [5.41, 5.74) is 1.28.